The highest BCUT2D eigenvalue weighted by atomic mass is 19.1. The molecule has 0 aromatic heterocycles. The first kappa shape index (κ1) is 12.9. The average Bonchev–Trinajstić information content (AvgIpc) is 2.11. The summed E-state index contributed by atoms with van der Waals surface area (Å²) < 4.78 is 12.9. The highest BCUT2D eigenvalue weighted by Gasteiger charge is 2.03. The van der Waals surface area contributed by atoms with Crippen LogP contribution >= 0.6 is 0 Å². The Morgan fingerprint density at radius 1 is 1.57 bits per heavy atom. The van der Waals surface area contributed by atoms with Gasteiger partial charge in [-0.15, -0.1) is 0 Å². The van der Waals surface area contributed by atoms with Crippen molar-refractivity contribution in [2.75, 3.05) is 6.54 Å². The molecule has 0 radical (unpaired) electrons. The van der Waals surface area contributed by atoms with E-state index in [9.17, 15) is 4.39 Å². The summed E-state index contributed by atoms with van der Waals surface area (Å²) in [5.74, 6) is 0.295. The molecule has 0 spiro atoms. The third-order valence-corrected chi connectivity index (χ3v) is 1.84. The van der Waals surface area contributed by atoms with Crippen molar-refractivity contribution in [1.29, 1.82) is 0 Å². The van der Waals surface area contributed by atoms with Gasteiger partial charge in [0.15, 0.2) is 0 Å². The summed E-state index contributed by atoms with van der Waals surface area (Å²) >= 11 is 0. The van der Waals surface area contributed by atoms with Gasteiger partial charge in [0.1, 0.15) is 6.17 Å². The van der Waals surface area contributed by atoms with E-state index in [0.29, 0.717) is 11.5 Å². The van der Waals surface area contributed by atoms with Crippen molar-refractivity contribution in [3.8, 4) is 0 Å². The molecule has 0 aromatic rings. The number of rotatable bonds is 5. The summed E-state index contributed by atoms with van der Waals surface area (Å²) in [6.45, 7) is 9.26. The lowest BCUT2D eigenvalue weighted by Gasteiger charge is -2.03. The normalized spacial score (nSPS) is 15.1. The van der Waals surface area contributed by atoms with Gasteiger partial charge in [0.2, 0.25) is 0 Å². The van der Waals surface area contributed by atoms with Crippen molar-refractivity contribution in [2.45, 2.75) is 26.9 Å². The molecule has 0 fully saturated rings. The number of halogens is 1. The van der Waals surface area contributed by atoms with Gasteiger partial charge in [0.25, 0.3) is 0 Å². The fourth-order valence-electron chi connectivity index (χ4n) is 0.640. The van der Waals surface area contributed by atoms with Crippen LogP contribution in [0.15, 0.2) is 28.9 Å². The van der Waals surface area contributed by atoms with Crippen molar-refractivity contribution in [2.24, 2.45) is 16.6 Å². The summed E-state index contributed by atoms with van der Waals surface area (Å²) in [5.41, 5.74) is 6.90. The number of hydrogen-bond donors (Lipinski definition) is 1. The molecule has 0 heterocycles. The number of nitrogens with two attached hydrogens (primary N) is 1. The zero-order chi connectivity index (χ0) is 11.1. The third-order valence-electron chi connectivity index (χ3n) is 1.84. The molecule has 14 heavy (non-hydrogen) atoms. The van der Waals surface area contributed by atoms with E-state index in [-0.39, 0.29) is 6.54 Å². The van der Waals surface area contributed by atoms with Crippen LogP contribution in [-0.2, 0) is 0 Å². The van der Waals surface area contributed by atoms with E-state index in [1.165, 1.54) is 0 Å². The maximum absolute atomic E-state index is 12.9. The monoisotopic (exact) mass is 198 g/mol. The van der Waals surface area contributed by atoms with Gasteiger partial charge in [-0.2, -0.15) is 0 Å². The van der Waals surface area contributed by atoms with Crippen LogP contribution < -0.4 is 5.73 Å². The Morgan fingerprint density at radius 3 is 2.57 bits per heavy atom. The second-order valence-electron chi connectivity index (χ2n) is 3.65. The molecule has 0 aliphatic heterocycles. The zero-order valence-electron chi connectivity index (χ0n) is 9.13. The maximum atomic E-state index is 12.9. The molecule has 2 nitrogen and oxygen atoms in total. The zero-order valence-corrected chi connectivity index (χ0v) is 9.13. The minimum absolute atomic E-state index is 0.122. The number of allylic oxidation sites excluding steroid dienone is 2. The molecule has 0 aliphatic rings. The van der Waals surface area contributed by atoms with E-state index in [1.54, 1.807) is 19.2 Å². The highest BCUT2D eigenvalue weighted by Crippen LogP contribution is 2.03. The van der Waals surface area contributed by atoms with Crippen molar-refractivity contribution in [3.63, 3.8) is 0 Å². The molecule has 0 saturated carbocycles. The van der Waals surface area contributed by atoms with E-state index >= 15 is 0 Å². The molecule has 0 saturated heterocycles. The number of alkyl halides is 1. The number of nitrogens with zero attached hydrogens (tertiary/aromatic N) is 1. The van der Waals surface area contributed by atoms with E-state index in [2.05, 4.69) is 11.6 Å². The lowest BCUT2D eigenvalue weighted by atomic mass is 10.1. The fourth-order valence-corrected chi connectivity index (χ4v) is 0.640. The van der Waals surface area contributed by atoms with Crippen molar-refractivity contribution in [3.05, 3.63) is 23.9 Å². The Labute approximate surface area is 85.4 Å². The van der Waals surface area contributed by atoms with Gasteiger partial charge in [-0.1, -0.05) is 20.4 Å². The molecule has 1 unspecified atom stereocenters. The molecule has 0 aromatic carbocycles. The maximum Gasteiger partial charge on any atom is 0.140 e. The highest BCUT2D eigenvalue weighted by molar-refractivity contribution is 5.72. The lowest BCUT2D eigenvalue weighted by molar-refractivity contribution is 0.392. The van der Waals surface area contributed by atoms with Crippen LogP contribution in [-0.4, -0.2) is 18.9 Å². The molecule has 0 rings (SSSR count). The Bertz CT molecular complexity index is 242. The predicted octanol–water partition coefficient (Wildman–Crippen LogP) is 2.47. The molecular formula is C11H19FN2. The lowest BCUT2D eigenvalue weighted by Crippen LogP contribution is -2.06. The van der Waals surface area contributed by atoms with Crippen LogP contribution in [0.25, 0.3) is 0 Å². The Balaban J connectivity index is 3.96. The molecule has 2 N–H and O–H groups in total. The third kappa shape index (κ3) is 5.51. The Morgan fingerprint density at radius 2 is 2.14 bits per heavy atom. The molecule has 0 bridgehead atoms. The second-order valence-corrected chi connectivity index (χ2v) is 3.65. The topological polar surface area (TPSA) is 38.4 Å². The van der Waals surface area contributed by atoms with E-state index in [0.717, 1.165) is 5.70 Å². The smallest absolute Gasteiger partial charge is 0.140 e. The summed E-state index contributed by atoms with van der Waals surface area (Å²) in [7, 11) is 0. The molecular weight excluding hydrogens is 179 g/mol. The minimum atomic E-state index is -1.06. The van der Waals surface area contributed by atoms with Crippen molar-refractivity contribution < 1.29 is 4.39 Å². The number of aliphatic imine (C=N–C) groups is 1. The van der Waals surface area contributed by atoms with Gasteiger partial charge < -0.3 is 5.73 Å². The van der Waals surface area contributed by atoms with Crippen molar-refractivity contribution in [1.82, 2.24) is 0 Å². The van der Waals surface area contributed by atoms with Gasteiger partial charge in [0.05, 0.1) is 6.54 Å². The average molecular weight is 198 g/mol. The molecule has 1 atom stereocenters. The van der Waals surface area contributed by atoms with Crippen LogP contribution in [0, 0.1) is 5.92 Å². The van der Waals surface area contributed by atoms with E-state index in [1.807, 2.05) is 13.8 Å². The first-order valence-corrected chi connectivity index (χ1v) is 4.70. The van der Waals surface area contributed by atoms with Gasteiger partial charge >= 0.3 is 0 Å². The number of hydrogen-bond acceptors (Lipinski definition) is 2. The minimum Gasteiger partial charge on any atom is -0.402 e. The standard InChI is InChI=1S/C11H19FN2/c1-8(2)10(12)7-14-6-5-11(13)9(3)4/h5-6,9-10H,1,7,13H2,2-4H3. The largest absolute Gasteiger partial charge is 0.402 e. The van der Waals surface area contributed by atoms with Crippen LogP contribution in [0.5, 0.6) is 0 Å². The first-order chi connectivity index (χ1) is 6.45. The summed E-state index contributed by atoms with van der Waals surface area (Å²) in [4.78, 5) is 3.90. The van der Waals surface area contributed by atoms with Crippen LogP contribution in [0.3, 0.4) is 0 Å². The van der Waals surface area contributed by atoms with Crippen molar-refractivity contribution >= 4 is 6.21 Å². The predicted molar refractivity (Wildman–Crippen MR) is 60.2 cm³/mol. The van der Waals surface area contributed by atoms with E-state index < -0.39 is 6.17 Å². The molecule has 0 amide bonds. The van der Waals surface area contributed by atoms with Gasteiger partial charge in [-0.05, 0) is 24.5 Å². The Hall–Kier alpha value is -1.12. The molecule has 3 heteroatoms. The molecule has 0 aliphatic carbocycles. The molecule has 80 valence electrons. The summed E-state index contributed by atoms with van der Waals surface area (Å²) in [6.07, 6.45) is 2.20. The van der Waals surface area contributed by atoms with E-state index in [4.69, 9.17) is 5.73 Å². The van der Waals surface area contributed by atoms with Gasteiger partial charge in [-0.3, -0.25) is 4.99 Å². The first-order valence-electron chi connectivity index (χ1n) is 4.70. The quantitative estimate of drug-likeness (QED) is 0.535. The SMILES string of the molecule is C=C(C)C(F)CN=CC=C(N)C(C)C. The summed E-state index contributed by atoms with van der Waals surface area (Å²) in [6, 6.07) is 0. The van der Waals surface area contributed by atoms with Crippen LogP contribution in [0.1, 0.15) is 20.8 Å². The van der Waals surface area contributed by atoms with Crippen LogP contribution in [0.2, 0.25) is 0 Å². The van der Waals surface area contributed by atoms with Gasteiger partial charge in [0, 0.05) is 11.9 Å². The Kier molecular flexibility index (Phi) is 5.84. The second kappa shape index (κ2) is 6.35. The van der Waals surface area contributed by atoms with Crippen LogP contribution in [0.4, 0.5) is 4.39 Å². The van der Waals surface area contributed by atoms with Gasteiger partial charge in [-0.25, -0.2) is 4.39 Å². The summed E-state index contributed by atoms with van der Waals surface area (Å²) in [5, 5.41) is 0. The fraction of sp³-hybridized carbons (Fsp3) is 0.545.